The molecule has 0 aromatic heterocycles. The number of sulfonamides is 1. The van der Waals surface area contributed by atoms with Crippen molar-refractivity contribution in [2.45, 2.75) is 10.5 Å². The monoisotopic (exact) mass is 576 g/mol. The van der Waals surface area contributed by atoms with E-state index in [9.17, 15) is 23.4 Å². The number of carbonyl (C=O) groups excluding carboxylic acids is 1. The number of hydrazine groups is 1. The van der Waals surface area contributed by atoms with Crippen LogP contribution in [0.4, 0.5) is 11.4 Å². The maximum Gasteiger partial charge on any atom is 0.342 e. The van der Waals surface area contributed by atoms with E-state index in [2.05, 4.69) is 5.43 Å². The van der Waals surface area contributed by atoms with Gasteiger partial charge in [-0.05, 0) is 66.8 Å². The fourth-order valence-corrected chi connectivity index (χ4v) is 5.68. The molecule has 4 aromatic rings. The number of nitrogens with zero attached hydrogens (tertiary/aromatic N) is 1. The molecule has 40 heavy (non-hydrogen) atoms. The molecule has 7 N–H and O–H groups in total. The van der Waals surface area contributed by atoms with Crippen molar-refractivity contribution in [1.29, 1.82) is 0 Å². The fourth-order valence-electron chi connectivity index (χ4n) is 5.07. The van der Waals surface area contributed by atoms with Crippen LogP contribution in [0.1, 0.15) is 27.0 Å². The van der Waals surface area contributed by atoms with E-state index in [1.165, 1.54) is 53.5 Å². The van der Waals surface area contributed by atoms with E-state index in [0.717, 1.165) is 0 Å². The number of benzene rings is 4. The number of hydrogen-bond donors (Lipinski definition) is 5. The number of rotatable bonds is 4. The first kappa shape index (κ1) is 25.4. The van der Waals surface area contributed by atoms with E-state index in [-0.39, 0.29) is 38.6 Å². The zero-order valence-corrected chi connectivity index (χ0v) is 22.0. The average Bonchev–Trinajstić information content (AvgIpc) is 3.19. The molecular weight excluding hydrogens is 556 g/mol. The highest BCUT2D eigenvalue weighted by molar-refractivity contribution is 7.89. The number of nitrogens with two attached hydrogens (primary N) is 2. The topological polar surface area (TPSA) is 177 Å². The summed E-state index contributed by atoms with van der Waals surface area (Å²) in [5, 5.41) is 26.8. The Hall–Kier alpha value is -4.85. The maximum atomic E-state index is 13.7. The molecule has 0 saturated carbocycles. The van der Waals surface area contributed by atoms with Gasteiger partial charge in [0.25, 0.3) is 0 Å². The number of hydrogen-bond acceptors (Lipinski definition) is 9. The Kier molecular flexibility index (Phi) is 5.62. The number of fused-ring (bicyclic) bond motifs is 6. The molecule has 0 unspecified atom stereocenters. The van der Waals surface area contributed by atoms with E-state index in [1.54, 1.807) is 30.3 Å². The molecule has 13 heteroatoms. The van der Waals surface area contributed by atoms with Crippen LogP contribution in [0.15, 0.2) is 83.8 Å². The summed E-state index contributed by atoms with van der Waals surface area (Å²) in [6.07, 6.45) is 0. The smallest absolute Gasteiger partial charge is 0.342 e. The van der Waals surface area contributed by atoms with Crippen molar-refractivity contribution >= 4 is 44.7 Å². The van der Waals surface area contributed by atoms with Crippen molar-refractivity contribution < 1.29 is 32.9 Å². The van der Waals surface area contributed by atoms with Gasteiger partial charge in [-0.3, -0.25) is 10.4 Å². The Labute approximate surface area is 233 Å². The third-order valence-electron chi connectivity index (χ3n) is 6.67. The molecule has 2 aliphatic rings. The van der Waals surface area contributed by atoms with Crippen LogP contribution in [0.25, 0.3) is 0 Å². The molecule has 4 aromatic carbocycles. The van der Waals surface area contributed by atoms with E-state index in [0.29, 0.717) is 28.1 Å². The van der Waals surface area contributed by atoms with E-state index >= 15 is 0 Å². The van der Waals surface area contributed by atoms with Gasteiger partial charge in [-0.15, -0.1) is 0 Å². The first-order valence-corrected chi connectivity index (χ1v) is 13.7. The highest BCUT2D eigenvalue weighted by Crippen LogP contribution is 2.58. The normalized spacial score (nSPS) is 14.4. The summed E-state index contributed by atoms with van der Waals surface area (Å²) >= 11 is 5.09. The number of phenolic OH excluding ortho intramolecular Hbond substituents is 2. The Morgan fingerprint density at radius 3 is 2.05 bits per heavy atom. The second kappa shape index (κ2) is 8.84. The number of primary sulfonamides is 1. The zero-order valence-electron chi connectivity index (χ0n) is 20.4. The molecule has 6 rings (SSSR count). The first-order valence-electron chi connectivity index (χ1n) is 11.7. The number of anilines is 2. The quantitative estimate of drug-likeness (QED) is 0.137. The van der Waals surface area contributed by atoms with Gasteiger partial charge in [0.15, 0.2) is 10.7 Å². The van der Waals surface area contributed by atoms with Crippen LogP contribution in [0, 0.1) is 0 Å². The number of thiocarbonyl (C=S) groups is 1. The first-order chi connectivity index (χ1) is 19.0. The molecule has 0 amide bonds. The minimum absolute atomic E-state index is 0.0643. The van der Waals surface area contributed by atoms with Crippen molar-refractivity contribution in [1.82, 2.24) is 5.43 Å². The van der Waals surface area contributed by atoms with Crippen LogP contribution in [0.2, 0.25) is 0 Å². The van der Waals surface area contributed by atoms with E-state index < -0.39 is 21.6 Å². The third kappa shape index (κ3) is 3.87. The van der Waals surface area contributed by atoms with Gasteiger partial charge in [0.05, 0.1) is 21.8 Å². The van der Waals surface area contributed by atoms with Gasteiger partial charge in [-0.25, -0.2) is 18.4 Å². The lowest BCUT2D eigenvalue weighted by Crippen LogP contribution is -2.42. The summed E-state index contributed by atoms with van der Waals surface area (Å²) in [5.41, 5.74) is 9.40. The van der Waals surface area contributed by atoms with Crippen molar-refractivity contribution in [2.24, 2.45) is 10.9 Å². The molecule has 202 valence electrons. The summed E-state index contributed by atoms with van der Waals surface area (Å²) in [6, 6.07) is 19.6. The van der Waals surface area contributed by atoms with E-state index in [4.69, 9.17) is 32.6 Å². The second-order valence-corrected chi connectivity index (χ2v) is 11.1. The Balaban J connectivity index is 1.60. The Bertz CT molecular complexity index is 1790. The van der Waals surface area contributed by atoms with Crippen LogP contribution in [0.5, 0.6) is 23.0 Å². The molecule has 11 nitrogen and oxygen atoms in total. The Morgan fingerprint density at radius 2 is 1.50 bits per heavy atom. The molecule has 0 atom stereocenters. The average molecular weight is 577 g/mol. The van der Waals surface area contributed by atoms with E-state index in [1.807, 2.05) is 0 Å². The van der Waals surface area contributed by atoms with Crippen molar-refractivity contribution in [3.05, 3.63) is 101 Å². The predicted octanol–water partition coefficient (Wildman–Crippen LogP) is 3.20. The van der Waals surface area contributed by atoms with Gasteiger partial charge in [0, 0.05) is 28.8 Å². The lowest BCUT2D eigenvalue weighted by molar-refractivity contribution is 0.0224. The number of phenols is 2. The third-order valence-corrected chi connectivity index (χ3v) is 7.69. The highest BCUT2D eigenvalue weighted by Gasteiger charge is 2.54. The number of esters is 1. The lowest BCUT2D eigenvalue weighted by Gasteiger charge is -2.36. The maximum absolute atomic E-state index is 13.7. The second-order valence-electron chi connectivity index (χ2n) is 9.08. The van der Waals surface area contributed by atoms with Gasteiger partial charge in [-0.1, -0.05) is 12.1 Å². The fraction of sp³-hybridized carbons (Fsp3) is 0.0370. The minimum Gasteiger partial charge on any atom is -0.508 e. The van der Waals surface area contributed by atoms with Crippen LogP contribution in [-0.4, -0.2) is 29.7 Å². The van der Waals surface area contributed by atoms with Gasteiger partial charge >= 0.3 is 5.97 Å². The molecule has 1 spiro atoms. The number of aromatic hydroxyl groups is 2. The van der Waals surface area contributed by atoms with Crippen molar-refractivity contribution in [3.63, 3.8) is 0 Å². The molecule has 0 bridgehead atoms. The summed E-state index contributed by atoms with van der Waals surface area (Å²) in [6.45, 7) is 0. The molecule has 0 aliphatic carbocycles. The number of carbonyl (C=O) groups is 1. The zero-order chi connectivity index (χ0) is 28.4. The van der Waals surface area contributed by atoms with Gasteiger partial charge in [-0.2, -0.15) is 0 Å². The minimum atomic E-state index is -3.94. The standard InChI is InChI=1S/C27H20N4O7S2/c28-26(39)30-31(14-4-8-17(9-5-14)40(29,35)36)21-3-1-2-20-24(21)25(34)38-27(20)18-10-6-15(32)12-22(18)37-23-13-16(33)7-11-19(23)27/h1-13,32-33H,(H3,28,30,39)(H2,29,35,36). The SMILES string of the molecule is NC(=S)NN(c1ccc(S(N)(=O)=O)cc1)c1cccc2c1C(=O)OC21c2ccc(O)cc2Oc2cc(O)ccc21. The van der Waals surface area contributed by atoms with Gasteiger partial charge in [0.1, 0.15) is 23.0 Å². The van der Waals surface area contributed by atoms with Crippen LogP contribution in [0.3, 0.4) is 0 Å². The largest absolute Gasteiger partial charge is 0.508 e. The van der Waals surface area contributed by atoms with Crippen LogP contribution in [-0.2, 0) is 20.4 Å². The summed E-state index contributed by atoms with van der Waals surface area (Å²) < 4.78 is 35.7. The summed E-state index contributed by atoms with van der Waals surface area (Å²) in [7, 11) is -3.94. The van der Waals surface area contributed by atoms with Crippen LogP contribution < -0.4 is 26.0 Å². The number of ether oxygens (including phenoxy) is 2. The molecular formula is C27H20N4O7S2. The molecule has 0 radical (unpaired) electrons. The Morgan fingerprint density at radius 1 is 0.900 bits per heavy atom. The van der Waals surface area contributed by atoms with Gasteiger partial charge in [0.2, 0.25) is 10.0 Å². The molecule has 0 saturated heterocycles. The van der Waals surface area contributed by atoms with Crippen LogP contribution >= 0.6 is 12.2 Å². The van der Waals surface area contributed by atoms with Gasteiger partial charge < -0.3 is 25.4 Å². The van der Waals surface area contributed by atoms with Crippen molar-refractivity contribution in [2.75, 3.05) is 5.01 Å². The summed E-state index contributed by atoms with van der Waals surface area (Å²) in [5.74, 6) is -0.334. The predicted molar refractivity (Wildman–Crippen MR) is 148 cm³/mol. The molecule has 2 aliphatic heterocycles. The number of nitrogens with one attached hydrogen (secondary N) is 1. The summed E-state index contributed by atoms with van der Waals surface area (Å²) in [4.78, 5) is 13.6. The molecule has 0 fully saturated rings. The van der Waals surface area contributed by atoms with Crippen molar-refractivity contribution in [3.8, 4) is 23.0 Å². The highest BCUT2D eigenvalue weighted by atomic mass is 32.2. The lowest BCUT2D eigenvalue weighted by atomic mass is 9.77. The molecule has 2 heterocycles.